The summed E-state index contributed by atoms with van der Waals surface area (Å²) in [5.41, 5.74) is 0.247. The van der Waals surface area contributed by atoms with E-state index in [1.165, 1.54) is 0 Å². The highest BCUT2D eigenvalue weighted by molar-refractivity contribution is 5.98. The van der Waals surface area contributed by atoms with Gasteiger partial charge >= 0.3 is 0 Å². The van der Waals surface area contributed by atoms with E-state index in [0.29, 0.717) is 5.69 Å². The van der Waals surface area contributed by atoms with Crippen LogP contribution < -0.4 is 0 Å². The van der Waals surface area contributed by atoms with Crippen molar-refractivity contribution in [1.82, 2.24) is 4.98 Å². The number of nitrogens with zero attached hydrogens (tertiary/aromatic N) is 1. The van der Waals surface area contributed by atoms with E-state index in [2.05, 4.69) is 11.6 Å². The highest BCUT2D eigenvalue weighted by Crippen LogP contribution is 2.27. The van der Waals surface area contributed by atoms with Crippen molar-refractivity contribution in [3.05, 3.63) is 42.7 Å². The summed E-state index contributed by atoms with van der Waals surface area (Å²) in [5, 5.41) is 0. The summed E-state index contributed by atoms with van der Waals surface area (Å²) in [6, 6.07) is 5.47. The van der Waals surface area contributed by atoms with Crippen LogP contribution >= 0.6 is 0 Å². The van der Waals surface area contributed by atoms with Crippen LogP contribution in [0, 0.1) is 5.41 Å². The molecular formula is C15H21NO. The molecule has 0 N–H and O–H groups in total. The summed E-state index contributed by atoms with van der Waals surface area (Å²) in [4.78, 5) is 16.4. The van der Waals surface area contributed by atoms with E-state index in [0.717, 1.165) is 25.7 Å². The lowest BCUT2D eigenvalue weighted by Gasteiger charge is -2.22. The van der Waals surface area contributed by atoms with Crippen molar-refractivity contribution in [2.24, 2.45) is 5.41 Å². The topological polar surface area (TPSA) is 30.0 Å². The predicted molar refractivity (Wildman–Crippen MR) is 71.0 cm³/mol. The van der Waals surface area contributed by atoms with Gasteiger partial charge in [0, 0.05) is 11.6 Å². The Bertz CT molecular complexity index is 368. The highest BCUT2D eigenvalue weighted by Gasteiger charge is 2.28. The minimum absolute atomic E-state index is 0.136. The summed E-state index contributed by atoms with van der Waals surface area (Å²) in [5.74, 6) is 0.136. The van der Waals surface area contributed by atoms with Gasteiger partial charge in [-0.1, -0.05) is 32.4 Å². The number of rotatable bonds is 7. The first-order valence-corrected chi connectivity index (χ1v) is 6.14. The molecule has 0 unspecified atom stereocenters. The van der Waals surface area contributed by atoms with Gasteiger partial charge < -0.3 is 0 Å². The summed E-state index contributed by atoms with van der Waals surface area (Å²) in [7, 11) is 0. The molecule has 0 aliphatic heterocycles. The van der Waals surface area contributed by atoms with Crippen LogP contribution in [0.4, 0.5) is 0 Å². The number of aromatic nitrogens is 1. The van der Waals surface area contributed by atoms with E-state index >= 15 is 0 Å². The van der Waals surface area contributed by atoms with Crippen LogP contribution in [0.2, 0.25) is 0 Å². The lowest BCUT2D eigenvalue weighted by molar-refractivity contribution is 0.0817. The van der Waals surface area contributed by atoms with E-state index in [1.807, 2.05) is 32.1 Å². The standard InChI is InChI=1S/C15H21NO/c1-4-5-6-8-11-15(2,3)14(17)13-10-7-9-12-16-13/h4,7,9-10,12H,1,5-6,8,11H2,2-3H3. The van der Waals surface area contributed by atoms with Crippen LogP contribution in [0.25, 0.3) is 0 Å². The fraction of sp³-hybridized carbons (Fsp3) is 0.467. The van der Waals surface area contributed by atoms with Gasteiger partial charge in [-0.2, -0.15) is 0 Å². The van der Waals surface area contributed by atoms with Gasteiger partial charge in [-0.3, -0.25) is 9.78 Å². The molecule has 0 spiro atoms. The number of ketones is 1. The number of carbonyl (C=O) groups is 1. The quantitative estimate of drug-likeness (QED) is 0.403. The summed E-state index contributed by atoms with van der Waals surface area (Å²) in [6.07, 6.45) is 7.67. The molecule has 0 bridgehead atoms. The molecule has 2 nitrogen and oxygen atoms in total. The van der Waals surface area contributed by atoms with Crippen molar-refractivity contribution in [3.8, 4) is 0 Å². The summed E-state index contributed by atoms with van der Waals surface area (Å²) in [6.45, 7) is 7.70. The maximum Gasteiger partial charge on any atom is 0.186 e. The molecule has 0 aromatic carbocycles. The van der Waals surface area contributed by atoms with E-state index in [9.17, 15) is 4.79 Å². The van der Waals surface area contributed by atoms with Gasteiger partial charge in [0.1, 0.15) is 5.69 Å². The molecule has 1 rings (SSSR count). The molecule has 1 aromatic heterocycles. The summed E-state index contributed by atoms with van der Waals surface area (Å²) < 4.78 is 0. The smallest absolute Gasteiger partial charge is 0.186 e. The zero-order chi connectivity index (χ0) is 12.7. The molecule has 1 aromatic rings. The van der Waals surface area contributed by atoms with Gasteiger partial charge in [0.2, 0.25) is 0 Å². The number of pyridine rings is 1. The Labute approximate surface area is 104 Å². The number of hydrogen-bond acceptors (Lipinski definition) is 2. The van der Waals surface area contributed by atoms with Crippen molar-refractivity contribution in [3.63, 3.8) is 0 Å². The number of allylic oxidation sites excluding steroid dienone is 1. The lowest BCUT2D eigenvalue weighted by atomic mass is 9.81. The maximum atomic E-state index is 12.2. The second-order valence-electron chi connectivity index (χ2n) is 4.96. The molecule has 0 amide bonds. The second-order valence-corrected chi connectivity index (χ2v) is 4.96. The van der Waals surface area contributed by atoms with Gasteiger partial charge in [-0.15, -0.1) is 6.58 Å². The summed E-state index contributed by atoms with van der Waals surface area (Å²) >= 11 is 0. The molecule has 0 radical (unpaired) electrons. The average Bonchev–Trinajstić information content (AvgIpc) is 2.35. The van der Waals surface area contributed by atoms with Crippen molar-refractivity contribution < 1.29 is 4.79 Å². The molecule has 0 atom stereocenters. The Morgan fingerprint density at radius 3 is 2.76 bits per heavy atom. The second kappa shape index (κ2) is 6.33. The van der Waals surface area contributed by atoms with E-state index in [4.69, 9.17) is 0 Å². The van der Waals surface area contributed by atoms with Crippen LogP contribution in [0.5, 0.6) is 0 Å². The monoisotopic (exact) mass is 231 g/mol. The van der Waals surface area contributed by atoms with Gasteiger partial charge in [0.05, 0.1) is 0 Å². The molecule has 0 fully saturated rings. The van der Waals surface area contributed by atoms with E-state index < -0.39 is 0 Å². The minimum Gasteiger partial charge on any atom is -0.292 e. The van der Waals surface area contributed by atoms with Crippen molar-refractivity contribution in [1.29, 1.82) is 0 Å². The Kier molecular flexibility index (Phi) is 5.08. The predicted octanol–water partition coefficient (Wildman–Crippen LogP) is 4.04. The van der Waals surface area contributed by atoms with Crippen molar-refractivity contribution in [2.45, 2.75) is 39.5 Å². The Morgan fingerprint density at radius 2 is 2.18 bits per heavy atom. The third kappa shape index (κ3) is 4.14. The minimum atomic E-state index is -0.324. The third-order valence-corrected chi connectivity index (χ3v) is 2.97. The van der Waals surface area contributed by atoms with E-state index in [-0.39, 0.29) is 11.2 Å². The first-order valence-electron chi connectivity index (χ1n) is 6.14. The molecule has 92 valence electrons. The molecule has 0 saturated carbocycles. The lowest BCUT2D eigenvalue weighted by Crippen LogP contribution is -2.25. The third-order valence-electron chi connectivity index (χ3n) is 2.97. The maximum absolute atomic E-state index is 12.2. The Balaban J connectivity index is 2.57. The number of carbonyl (C=O) groups excluding carboxylic acids is 1. The van der Waals surface area contributed by atoms with E-state index in [1.54, 1.807) is 12.3 Å². The fourth-order valence-electron chi connectivity index (χ4n) is 1.81. The first kappa shape index (κ1) is 13.6. The first-order chi connectivity index (χ1) is 8.08. The van der Waals surface area contributed by atoms with Crippen LogP contribution in [0.1, 0.15) is 50.0 Å². The Hall–Kier alpha value is -1.44. The number of Topliss-reactive ketones (excluding diaryl/α,β-unsaturated/α-hetero) is 1. The molecular weight excluding hydrogens is 210 g/mol. The molecule has 0 saturated heterocycles. The van der Waals surface area contributed by atoms with Gasteiger partial charge in [0.25, 0.3) is 0 Å². The molecule has 1 heterocycles. The number of hydrogen-bond donors (Lipinski definition) is 0. The van der Waals surface area contributed by atoms with Crippen LogP contribution in [-0.2, 0) is 0 Å². The van der Waals surface area contributed by atoms with Crippen LogP contribution in [0.3, 0.4) is 0 Å². The van der Waals surface area contributed by atoms with Gasteiger partial charge in [0.15, 0.2) is 5.78 Å². The zero-order valence-corrected chi connectivity index (χ0v) is 10.8. The molecule has 17 heavy (non-hydrogen) atoms. The molecule has 0 aliphatic carbocycles. The Morgan fingerprint density at radius 1 is 1.41 bits per heavy atom. The molecule has 2 heteroatoms. The van der Waals surface area contributed by atoms with Crippen LogP contribution in [-0.4, -0.2) is 10.8 Å². The molecule has 0 aliphatic rings. The largest absolute Gasteiger partial charge is 0.292 e. The zero-order valence-electron chi connectivity index (χ0n) is 10.8. The van der Waals surface area contributed by atoms with Crippen LogP contribution in [0.15, 0.2) is 37.1 Å². The van der Waals surface area contributed by atoms with Crippen molar-refractivity contribution >= 4 is 5.78 Å². The highest BCUT2D eigenvalue weighted by atomic mass is 16.1. The van der Waals surface area contributed by atoms with Crippen molar-refractivity contribution in [2.75, 3.05) is 0 Å². The average molecular weight is 231 g/mol. The number of unbranched alkanes of at least 4 members (excludes halogenated alkanes) is 2. The van der Waals surface area contributed by atoms with Gasteiger partial charge in [-0.25, -0.2) is 0 Å². The van der Waals surface area contributed by atoms with Gasteiger partial charge in [-0.05, 0) is 31.4 Å². The SMILES string of the molecule is C=CCCCCC(C)(C)C(=O)c1ccccn1. The fourth-order valence-corrected chi connectivity index (χ4v) is 1.81. The normalized spacial score (nSPS) is 11.2.